The Balaban J connectivity index is 1.85. The maximum absolute atomic E-state index is 13.5. The lowest BCUT2D eigenvalue weighted by Gasteiger charge is -2.18. The predicted octanol–water partition coefficient (Wildman–Crippen LogP) is 3.43. The van der Waals surface area contributed by atoms with Crippen LogP contribution in [0.1, 0.15) is 36.8 Å². The van der Waals surface area contributed by atoms with Crippen LogP contribution in [0.3, 0.4) is 0 Å². The van der Waals surface area contributed by atoms with Crippen molar-refractivity contribution in [2.75, 3.05) is 6.61 Å². The molecule has 1 atom stereocenters. The molecular weight excluding hydrogens is 247 g/mol. The topological polar surface area (TPSA) is 48.2 Å². The average molecular weight is 262 g/mol. The van der Waals surface area contributed by atoms with Crippen LogP contribution >= 0.6 is 0 Å². The van der Waals surface area contributed by atoms with Gasteiger partial charge in [0.25, 0.3) is 5.89 Å². The first-order valence-corrected chi connectivity index (χ1v) is 6.46. The number of hydrogen-bond donors (Lipinski definition) is 0. The molecule has 3 rings (SSSR count). The molecule has 1 unspecified atom stereocenters. The van der Waals surface area contributed by atoms with Crippen LogP contribution in [0.5, 0.6) is 0 Å². The van der Waals surface area contributed by atoms with Crippen molar-refractivity contribution in [3.8, 4) is 11.4 Å². The fraction of sp³-hybridized carbons (Fsp3) is 0.429. The Kier molecular flexibility index (Phi) is 3.29. The fourth-order valence-corrected chi connectivity index (χ4v) is 2.15. The maximum atomic E-state index is 13.5. The Morgan fingerprint density at radius 3 is 2.95 bits per heavy atom. The number of ether oxygens (including phenoxy) is 1. The van der Waals surface area contributed by atoms with Gasteiger partial charge in [-0.2, -0.15) is 4.98 Å². The van der Waals surface area contributed by atoms with Crippen LogP contribution in [0.4, 0.5) is 4.39 Å². The number of hydrogen-bond acceptors (Lipinski definition) is 4. The van der Waals surface area contributed by atoms with Crippen molar-refractivity contribution in [1.82, 2.24) is 10.1 Å². The Hall–Kier alpha value is -1.75. The second-order valence-corrected chi connectivity index (χ2v) is 4.78. The average Bonchev–Trinajstić information content (AvgIpc) is 2.93. The van der Waals surface area contributed by atoms with Crippen molar-refractivity contribution in [3.63, 3.8) is 0 Å². The molecule has 19 heavy (non-hydrogen) atoms. The monoisotopic (exact) mass is 262 g/mol. The van der Waals surface area contributed by atoms with E-state index in [0.717, 1.165) is 25.9 Å². The molecule has 100 valence electrons. The van der Waals surface area contributed by atoms with E-state index in [0.29, 0.717) is 22.8 Å². The summed E-state index contributed by atoms with van der Waals surface area (Å²) in [7, 11) is 0. The quantitative estimate of drug-likeness (QED) is 0.832. The second kappa shape index (κ2) is 5.09. The van der Waals surface area contributed by atoms with E-state index >= 15 is 0 Å². The SMILES string of the molecule is Cc1ccc(-c2noc(C3CCCCO3)n2)cc1F. The minimum absolute atomic E-state index is 0.120. The van der Waals surface area contributed by atoms with Gasteiger partial charge in [-0.05, 0) is 37.8 Å². The van der Waals surface area contributed by atoms with Crippen LogP contribution < -0.4 is 0 Å². The van der Waals surface area contributed by atoms with E-state index in [1.165, 1.54) is 6.07 Å². The molecule has 1 aliphatic heterocycles. The number of benzene rings is 1. The number of aryl methyl sites for hydroxylation is 1. The van der Waals surface area contributed by atoms with Crippen LogP contribution in [0.2, 0.25) is 0 Å². The van der Waals surface area contributed by atoms with Crippen LogP contribution in [0.25, 0.3) is 11.4 Å². The van der Waals surface area contributed by atoms with E-state index in [1.54, 1.807) is 19.1 Å². The van der Waals surface area contributed by atoms with Gasteiger partial charge >= 0.3 is 0 Å². The number of halogens is 1. The summed E-state index contributed by atoms with van der Waals surface area (Å²) in [6.45, 7) is 2.44. The van der Waals surface area contributed by atoms with Crippen molar-refractivity contribution >= 4 is 0 Å². The summed E-state index contributed by atoms with van der Waals surface area (Å²) in [5.41, 5.74) is 1.22. The van der Waals surface area contributed by atoms with E-state index in [9.17, 15) is 4.39 Å². The molecule has 0 spiro atoms. The van der Waals surface area contributed by atoms with Gasteiger partial charge in [-0.15, -0.1) is 0 Å². The molecule has 1 aromatic carbocycles. The summed E-state index contributed by atoms with van der Waals surface area (Å²) >= 11 is 0. The minimum atomic E-state index is -0.266. The minimum Gasteiger partial charge on any atom is -0.368 e. The lowest BCUT2D eigenvalue weighted by atomic mass is 10.1. The van der Waals surface area contributed by atoms with Crippen molar-refractivity contribution in [3.05, 3.63) is 35.5 Å². The maximum Gasteiger partial charge on any atom is 0.256 e. The summed E-state index contributed by atoms with van der Waals surface area (Å²) in [5, 5.41) is 3.90. The molecule has 0 N–H and O–H groups in total. The molecule has 1 aliphatic rings. The summed E-state index contributed by atoms with van der Waals surface area (Å²) in [4.78, 5) is 4.31. The van der Waals surface area contributed by atoms with Crippen molar-refractivity contribution in [2.45, 2.75) is 32.3 Å². The van der Waals surface area contributed by atoms with E-state index in [-0.39, 0.29) is 11.9 Å². The van der Waals surface area contributed by atoms with Gasteiger partial charge in [-0.25, -0.2) is 4.39 Å². The smallest absolute Gasteiger partial charge is 0.256 e. The molecule has 4 nitrogen and oxygen atoms in total. The largest absolute Gasteiger partial charge is 0.368 e. The summed E-state index contributed by atoms with van der Waals surface area (Å²) in [6, 6.07) is 4.91. The zero-order valence-electron chi connectivity index (χ0n) is 10.7. The lowest BCUT2D eigenvalue weighted by molar-refractivity contribution is -0.00459. The normalized spacial score (nSPS) is 19.6. The second-order valence-electron chi connectivity index (χ2n) is 4.78. The Morgan fingerprint density at radius 1 is 1.32 bits per heavy atom. The van der Waals surface area contributed by atoms with Crippen LogP contribution in [0, 0.1) is 12.7 Å². The van der Waals surface area contributed by atoms with Crippen molar-refractivity contribution in [2.24, 2.45) is 0 Å². The molecule has 1 saturated heterocycles. The van der Waals surface area contributed by atoms with Gasteiger partial charge < -0.3 is 9.26 Å². The summed E-state index contributed by atoms with van der Waals surface area (Å²) in [6.07, 6.45) is 2.94. The summed E-state index contributed by atoms with van der Waals surface area (Å²) < 4.78 is 24.3. The Bertz CT molecular complexity index is 577. The first-order valence-electron chi connectivity index (χ1n) is 6.46. The van der Waals surface area contributed by atoms with Gasteiger partial charge in [0.2, 0.25) is 5.82 Å². The molecule has 2 heterocycles. The highest BCUT2D eigenvalue weighted by atomic mass is 19.1. The van der Waals surface area contributed by atoms with E-state index < -0.39 is 0 Å². The van der Waals surface area contributed by atoms with E-state index in [4.69, 9.17) is 9.26 Å². The van der Waals surface area contributed by atoms with Gasteiger partial charge in [0, 0.05) is 12.2 Å². The Labute approximate surface area is 110 Å². The van der Waals surface area contributed by atoms with Crippen LogP contribution in [0.15, 0.2) is 22.7 Å². The zero-order chi connectivity index (χ0) is 13.2. The fourth-order valence-electron chi connectivity index (χ4n) is 2.15. The first-order chi connectivity index (χ1) is 9.24. The van der Waals surface area contributed by atoms with Gasteiger partial charge in [0.1, 0.15) is 11.9 Å². The van der Waals surface area contributed by atoms with Gasteiger partial charge in [-0.3, -0.25) is 0 Å². The third-order valence-electron chi connectivity index (χ3n) is 3.33. The third-order valence-corrected chi connectivity index (χ3v) is 3.33. The third kappa shape index (κ3) is 2.51. The molecule has 0 bridgehead atoms. The molecule has 0 amide bonds. The van der Waals surface area contributed by atoms with Crippen LogP contribution in [-0.4, -0.2) is 16.7 Å². The van der Waals surface area contributed by atoms with Gasteiger partial charge in [0.05, 0.1) is 0 Å². The highest BCUT2D eigenvalue weighted by Crippen LogP contribution is 2.28. The van der Waals surface area contributed by atoms with E-state index in [2.05, 4.69) is 10.1 Å². The first kappa shape index (κ1) is 12.3. The summed E-state index contributed by atoms with van der Waals surface area (Å²) in [5.74, 6) is 0.622. The molecule has 0 radical (unpaired) electrons. The molecule has 1 fully saturated rings. The zero-order valence-corrected chi connectivity index (χ0v) is 10.7. The van der Waals surface area contributed by atoms with Gasteiger partial charge in [-0.1, -0.05) is 17.3 Å². The van der Waals surface area contributed by atoms with E-state index in [1.807, 2.05) is 0 Å². The van der Waals surface area contributed by atoms with Crippen molar-refractivity contribution < 1.29 is 13.7 Å². The standard InChI is InChI=1S/C14H15FN2O2/c1-9-5-6-10(8-11(9)15)13-16-14(19-17-13)12-4-2-3-7-18-12/h5-6,8,12H,2-4,7H2,1H3. The number of rotatable bonds is 2. The Morgan fingerprint density at radius 2 is 2.21 bits per heavy atom. The highest BCUT2D eigenvalue weighted by molar-refractivity contribution is 5.54. The molecule has 0 aliphatic carbocycles. The van der Waals surface area contributed by atoms with Gasteiger partial charge in [0.15, 0.2) is 0 Å². The van der Waals surface area contributed by atoms with Crippen molar-refractivity contribution in [1.29, 1.82) is 0 Å². The van der Waals surface area contributed by atoms with Crippen LogP contribution in [-0.2, 0) is 4.74 Å². The molecule has 1 aromatic heterocycles. The molecular formula is C14H15FN2O2. The highest BCUT2D eigenvalue weighted by Gasteiger charge is 2.22. The molecule has 5 heteroatoms. The number of aromatic nitrogens is 2. The predicted molar refractivity (Wildman–Crippen MR) is 67.0 cm³/mol. The molecule has 2 aromatic rings. The molecule has 0 saturated carbocycles. The lowest BCUT2D eigenvalue weighted by Crippen LogP contribution is -2.11. The number of nitrogens with zero attached hydrogens (tertiary/aromatic N) is 2.